The molecule has 1 radical (unpaired) electrons. The Bertz CT molecular complexity index is 1400. The van der Waals surface area contributed by atoms with Crippen LogP contribution in [0.4, 0.5) is 26.1 Å². The third-order valence-corrected chi connectivity index (χ3v) is 6.10. The van der Waals surface area contributed by atoms with E-state index in [2.05, 4.69) is 49.2 Å². The zero-order chi connectivity index (χ0) is 25.8. The fraction of sp³-hybridized carbons (Fsp3) is 0.269. The van der Waals surface area contributed by atoms with Gasteiger partial charge in [-0.15, -0.1) is 0 Å². The summed E-state index contributed by atoms with van der Waals surface area (Å²) in [4.78, 5) is 23.3. The van der Waals surface area contributed by atoms with Crippen LogP contribution >= 0.6 is 0 Å². The van der Waals surface area contributed by atoms with Crippen LogP contribution in [-0.2, 0) is 11.2 Å². The number of carbonyl (C=O) groups excluding carboxylic acids is 1. The molecule has 191 valence electrons. The van der Waals surface area contributed by atoms with Gasteiger partial charge in [0, 0.05) is 35.8 Å². The second-order valence-corrected chi connectivity index (χ2v) is 8.85. The summed E-state index contributed by atoms with van der Waals surface area (Å²) < 4.78 is 33.2. The van der Waals surface area contributed by atoms with Crippen LogP contribution in [0.15, 0.2) is 48.8 Å². The second kappa shape index (κ2) is 10.9. The Hall–Kier alpha value is -4.12. The number of aromatic nitrogens is 4. The van der Waals surface area contributed by atoms with Gasteiger partial charge >= 0.3 is 0 Å². The molecule has 3 heterocycles. The highest BCUT2D eigenvalue weighted by Crippen LogP contribution is 2.26. The first-order valence-corrected chi connectivity index (χ1v) is 12.0. The molecule has 0 saturated carbocycles. The molecule has 1 aliphatic heterocycles. The van der Waals surface area contributed by atoms with Gasteiger partial charge in [-0.05, 0) is 50.6 Å². The fourth-order valence-corrected chi connectivity index (χ4v) is 4.17. The summed E-state index contributed by atoms with van der Waals surface area (Å²) in [6.45, 7) is 6.02. The van der Waals surface area contributed by atoms with Gasteiger partial charge in [-0.3, -0.25) is 14.8 Å². The van der Waals surface area contributed by atoms with Crippen LogP contribution in [0.2, 0.25) is 0 Å². The fourth-order valence-electron chi connectivity index (χ4n) is 4.17. The van der Waals surface area contributed by atoms with Crippen LogP contribution in [0, 0.1) is 18.2 Å². The minimum absolute atomic E-state index is 0.108. The number of amides is 1. The number of hydrogen-bond donors (Lipinski definition) is 3. The van der Waals surface area contributed by atoms with Gasteiger partial charge in [0.2, 0.25) is 5.91 Å². The molecule has 0 spiro atoms. The van der Waals surface area contributed by atoms with Gasteiger partial charge in [-0.25, -0.2) is 18.7 Å². The highest BCUT2D eigenvalue weighted by Gasteiger charge is 2.19. The number of benzene rings is 2. The third kappa shape index (κ3) is 5.83. The lowest BCUT2D eigenvalue weighted by molar-refractivity contribution is -0.115. The summed E-state index contributed by atoms with van der Waals surface area (Å²) in [5, 5.41) is 13.2. The van der Waals surface area contributed by atoms with Gasteiger partial charge < -0.3 is 15.4 Å². The number of rotatable bonds is 9. The Balaban J connectivity index is 1.21. The van der Waals surface area contributed by atoms with Crippen molar-refractivity contribution in [1.82, 2.24) is 25.1 Å². The second-order valence-electron chi connectivity index (χ2n) is 8.85. The van der Waals surface area contributed by atoms with Crippen molar-refractivity contribution >= 4 is 34.1 Å². The molecule has 0 bridgehead atoms. The number of H-pyrrole nitrogens is 1. The lowest BCUT2D eigenvalue weighted by Gasteiger charge is -2.23. The predicted octanol–water partition coefficient (Wildman–Crippen LogP) is 4.58. The quantitative estimate of drug-likeness (QED) is 0.305. The van der Waals surface area contributed by atoms with Gasteiger partial charge in [0.05, 0.1) is 17.6 Å². The molecule has 2 aromatic carbocycles. The van der Waals surface area contributed by atoms with Gasteiger partial charge in [-0.2, -0.15) is 5.10 Å². The highest BCUT2D eigenvalue weighted by molar-refractivity contribution is 5.93. The number of likely N-dealkylation sites (tertiary alicyclic amines) is 1. The molecule has 0 aliphatic carbocycles. The molecule has 11 heteroatoms. The van der Waals surface area contributed by atoms with E-state index in [4.69, 9.17) is 4.74 Å². The Morgan fingerprint density at radius 1 is 1.22 bits per heavy atom. The van der Waals surface area contributed by atoms with Crippen LogP contribution in [0.1, 0.15) is 25.5 Å². The van der Waals surface area contributed by atoms with Crippen molar-refractivity contribution in [3.8, 4) is 5.75 Å². The van der Waals surface area contributed by atoms with Crippen molar-refractivity contribution in [2.24, 2.45) is 0 Å². The molecule has 5 rings (SSSR count). The Morgan fingerprint density at radius 2 is 2.11 bits per heavy atom. The van der Waals surface area contributed by atoms with E-state index >= 15 is 0 Å². The monoisotopic (exact) mass is 506 g/mol. The average Bonchev–Trinajstić information content (AvgIpc) is 3.58. The van der Waals surface area contributed by atoms with Gasteiger partial charge in [0.25, 0.3) is 0 Å². The van der Waals surface area contributed by atoms with Crippen molar-refractivity contribution in [2.75, 3.05) is 23.8 Å². The summed E-state index contributed by atoms with van der Waals surface area (Å²) >= 11 is 0. The Morgan fingerprint density at radius 3 is 2.95 bits per heavy atom. The van der Waals surface area contributed by atoms with Crippen molar-refractivity contribution < 1.29 is 18.3 Å². The number of halogens is 2. The standard InChI is InChI=1S/C26H26F2N7O2/c1-16(35-9-2-3-10-35)14-37-18-7-8-19-22(13-18)29-15-30-26(19)32-23-11-17(33-34-23)12-24(36)31-21-6-4-5-20(27)25(21)28/h4-9,11,13,15-16H,2-3,10,12,14H2,1H3,(H,31,36)(H2,29,30,32,33,34). The molecule has 2 aromatic heterocycles. The van der Waals surface area contributed by atoms with E-state index < -0.39 is 17.5 Å². The Kier molecular flexibility index (Phi) is 7.22. The van der Waals surface area contributed by atoms with Crippen molar-refractivity contribution in [2.45, 2.75) is 32.2 Å². The first-order chi connectivity index (χ1) is 18.0. The van der Waals surface area contributed by atoms with Crippen LogP contribution in [0.5, 0.6) is 5.75 Å². The van der Waals surface area contributed by atoms with Gasteiger partial charge in [0.1, 0.15) is 24.5 Å². The molecular formula is C26H26F2N7O2. The maximum absolute atomic E-state index is 13.8. The number of carbonyl (C=O) groups is 1. The smallest absolute Gasteiger partial charge is 0.230 e. The number of ether oxygens (including phenoxy) is 1. The van der Waals surface area contributed by atoms with E-state index in [-0.39, 0.29) is 12.1 Å². The topological polar surface area (TPSA) is 108 Å². The molecule has 1 amide bonds. The summed E-state index contributed by atoms with van der Waals surface area (Å²) in [5.74, 6) is -0.942. The molecule has 1 aliphatic rings. The maximum atomic E-state index is 13.8. The molecule has 3 N–H and O–H groups in total. The SMILES string of the molecule is CC(COc1ccc2c(Nc3cc(CC(=O)Nc4cccc(F)c4F)[nH]n3)ncnc2c1)N1[CH]CCC1. The number of nitrogens with one attached hydrogen (secondary N) is 3. The molecule has 1 fully saturated rings. The minimum atomic E-state index is -1.10. The largest absolute Gasteiger partial charge is 0.492 e. The van der Waals surface area contributed by atoms with E-state index in [9.17, 15) is 13.6 Å². The molecular weight excluding hydrogens is 480 g/mol. The average molecular weight is 507 g/mol. The number of hydrogen-bond acceptors (Lipinski definition) is 7. The van der Waals surface area contributed by atoms with Crippen molar-refractivity contribution in [1.29, 1.82) is 0 Å². The zero-order valence-corrected chi connectivity index (χ0v) is 20.2. The van der Waals surface area contributed by atoms with E-state index in [1.807, 2.05) is 18.2 Å². The lowest BCUT2D eigenvalue weighted by atomic mass is 10.2. The van der Waals surface area contributed by atoms with Gasteiger partial charge in [0.15, 0.2) is 17.5 Å². The van der Waals surface area contributed by atoms with Crippen LogP contribution in [0.3, 0.4) is 0 Å². The van der Waals surface area contributed by atoms with Crippen LogP contribution < -0.4 is 15.4 Å². The summed E-state index contributed by atoms with van der Waals surface area (Å²) in [6, 6.07) is 11.2. The normalized spacial score (nSPS) is 14.6. The number of fused-ring (bicyclic) bond motifs is 1. The zero-order valence-electron chi connectivity index (χ0n) is 20.2. The number of nitrogens with zero attached hydrogens (tertiary/aromatic N) is 4. The first-order valence-electron chi connectivity index (χ1n) is 12.0. The lowest BCUT2D eigenvalue weighted by Crippen LogP contribution is -2.32. The van der Waals surface area contributed by atoms with E-state index in [0.717, 1.165) is 30.2 Å². The molecule has 1 unspecified atom stereocenters. The third-order valence-electron chi connectivity index (χ3n) is 6.10. The summed E-state index contributed by atoms with van der Waals surface area (Å²) in [6.07, 6.45) is 3.65. The van der Waals surface area contributed by atoms with Crippen molar-refractivity contribution in [3.63, 3.8) is 0 Å². The minimum Gasteiger partial charge on any atom is -0.492 e. The summed E-state index contributed by atoms with van der Waals surface area (Å²) in [7, 11) is 0. The summed E-state index contributed by atoms with van der Waals surface area (Å²) in [5.41, 5.74) is 0.973. The number of aromatic amines is 1. The first kappa shape index (κ1) is 24.6. The molecule has 37 heavy (non-hydrogen) atoms. The molecule has 1 atom stereocenters. The molecule has 4 aromatic rings. The highest BCUT2D eigenvalue weighted by atomic mass is 19.2. The van der Waals surface area contributed by atoms with E-state index in [1.165, 1.54) is 24.9 Å². The van der Waals surface area contributed by atoms with E-state index in [0.29, 0.717) is 35.5 Å². The Labute approximate surface area is 212 Å². The predicted molar refractivity (Wildman–Crippen MR) is 135 cm³/mol. The molecule has 9 nitrogen and oxygen atoms in total. The molecule has 1 saturated heterocycles. The van der Waals surface area contributed by atoms with Crippen LogP contribution in [-0.4, -0.2) is 50.2 Å². The van der Waals surface area contributed by atoms with E-state index in [1.54, 1.807) is 6.07 Å². The van der Waals surface area contributed by atoms with Crippen LogP contribution in [0.25, 0.3) is 10.9 Å². The van der Waals surface area contributed by atoms with Crippen molar-refractivity contribution in [3.05, 3.63) is 72.7 Å². The number of anilines is 3. The maximum Gasteiger partial charge on any atom is 0.230 e. The van der Waals surface area contributed by atoms with Gasteiger partial charge in [-0.1, -0.05) is 6.07 Å².